The zero-order chi connectivity index (χ0) is 11.8. The van der Waals surface area contributed by atoms with Crippen LogP contribution in [-0.4, -0.2) is 0 Å². The second-order valence-corrected chi connectivity index (χ2v) is 3.88. The molecule has 0 atom stereocenters. The summed E-state index contributed by atoms with van der Waals surface area (Å²) in [5.74, 6) is -1.55. The minimum absolute atomic E-state index is 0.285. The third-order valence-corrected chi connectivity index (χ3v) is 2.31. The Morgan fingerprint density at radius 1 is 1.20 bits per heavy atom. The van der Waals surface area contributed by atoms with Crippen LogP contribution >= 0.6 is 11.6 Å². The minimum atomic E-state index is -4.55. The Hall–Kier alpha value is -0.770. The van der Waals surface area contributed by atoms with Crippen molar-refractivity contribution in [2.45, 2.75) is 25.9 Å². The zero-order valence-electron chi connectivity index (χ0n) is 8.12. The van der Waals surface area contributed by atoms with E-state index in [4.69, 9.17) is 11.6 Å². The van der Waals surface area contributed by atoms with Crippen molar-refractivity contribution in [2.75, 3.05) is 0 Å². The summed E-state index contributed by atoms with van der Waals surface area (Å²) >= 11 is 5.44. The van der Waals surface area contributed by atoms with E-state index in [0.717, 1.165) is 12.1 Å². The van der Waals surface area contributed by atoms with E-state index in [1.165, 1.54) is 13.8 Å². The van der Waals surface area contributed by atoms with Gasteiger partial charge in [0, 0.05) is 5.56 Å². The van der Waals surface area contributed by atoms with Crippen LogP contribution in [0.5, 0.6) is 0 Å². The van der Waals surface area contributed by atoms with Crippen molar-refractivity contribution in [2.24, 2.45) is 0 Å². The summed E-state index contributed by atoms with van der Waals surface area (Å²) in [5.41, 5.74) is -1.34. The van der Waals surface area contributed by atoms with Gasteiger partial charge in [-0.2, -0.15) is 13.2 Å². The Morgan fingerprint density at radius 2 is 1.73 bits per heavy atom. The minimum Gasteiger partial charge on any atom is -0.205 e. The fourth-order valence-electron chi connectivity index (χ4n) is 1.38. The highest BCUT2D eigenvalue weighted by atomic mass is 35.5. The van der Waals surface area contributed by atoms with Gasteiger partial charge in [0.15, 0.2) is 0 Å². The van der Waals surface area contributed by atoms with Crippen molar-refractivity contribution >= 4 is 11.6 Å². The van der Waals surface area contributed by atoms with Gasteiger partial charge in [0.25, 0.3) is 0 Å². The number of benzene rings is 1. The van der Waals surface area contributed by atoms with Crippen LogP contribution < -0.4 is 0 Å². The molecule has 0 amide bonds. The fraction of sp³-hybridized carbons (Fsp3) is 0.400. The van der Waals surface area contributed by atoms with Crippen LogP contribution in [0, 0.1) is 5.82 Å². The zero-order valence-corrected chi connectivity index (χ0v) is 8.88. The third-order valence-electron chi connectivity index (χ3n) is 2.02. The van der Waals surface area contributed by atoms with E-state index in [1.807, 2.05) is 0 Å². The molecule has 0 saturated carbocycles. The lowest BCUT2D eigenvalue weighted by Crippen LogP contribution is -2.12. The van der Waals surface area contributed by atoms with Crippen LogP contribution in [0.4, 0.5) is 17.6 Å². The molecule has 0 bridgehead atoms. The highest BCUT2D eigenvalue weighted by Gasteiger charge is 2.35. The lowest BCUT2D eigenvalue weighted by Gasteiger charge is -2.16. The van der Waals surface area contributed by atoms with Gasteiger partial charge < -0.3 is 0 Å². The quantitative estimate of drug-likeness (QED) is 0.628. The summed E-state index contributed by atoms with van der Waals surface area (Å²) in [6.45, 7) is 2.98. The normalized spacial score (nSPS) is 12.3. The molecule has 84 valence electrons. The summed E-state index contributed by atoms with van der Waals surface area (Å²) in [7, 11) is 0. The largest absolute Gasteiger partial charge is 0.416 e. The lowest BCUT2D eigenvalue weighted by atomic mass is 9.96. The maximum Gasteiger partial charge on any atom is 0.416 e. The summed E-state index contributed by atoms with van der Waals surface area (Å²) in [6.07, 6.45) is -4.55. The number of hydrogen-bond donors (Lipinski definition) is 0. The van der Waals surface area contributed by atoms with Gasteiger partial charge in [0.2, 0.25) is 0 Å². The Kier molecular flexibility index (Phi) is 3.28. The highest BCUT2D eigenvalue weighted by molar-refractivity contribution is 6.30. The van der Waals surface area contributed by atoms with Crippen LogP contribution in [0.2, 0.25) is 5.02 Å². The van der Waals surface area contributed by atoms with Crippen molar-refractivity contribution in [1.29, 1.82) is 0 Å². The SMILES string of the molecule is CC(C)c1c(C(F)(F)F)ccc(Cl)c1F. The summed E-state index contributed by atoms with van der Waals surface area (Å²) in [5, 5.41) is -0.285. The van der Waals surface area contributed by atoms with E-state index in [0.29, 0.717) is 0 Å². The average molecular weight is 241 g/mol. The molecule has 0 radical (unpaired) electrons. The second-order valence-electron chi connectivity index (χ2n) is 3.48. The first-order valence-electron chi connectivity index (χ1n) is 4.30. The predicted molar refractivity (Wildman–Crippen MR) is 50.5 cm³/mol. The maximum absolute atomic E-state index is 13.4. The van der Waals surface area contributed by atoms with Crippen LogP contribution in [0.15, 0.2) is 12.1 Å². The molecule has 0 fully saturated rings. The average Bonchev–Trinajstić information content (AvgIpc) is 2.06. The van der Waals surface area contributed by atoms with Gasteiger partial charge in [-0.25, -0.2) is 4.39 Å². The van der Waals surface area contributed by atoms with E-state index < -0.39 is 23.5 Å². The first-order chi connectivity index (χ1) is 6.75. The van der Waals surface area contributed by atoms with Crippen LogP contribution in [0.25, 0.3) is 0 Å². The molecule has 0 unspecified atom stereocenters. The Labute approximate surface area is 89.9 Å². The van der Waals surface area contributed by atoms with Crippen LogP contribution in [0.3, 0.4) is 0 Å². The van der Waals surface area contributed by atoms with Crippen molar-refractivity contribution in [3.8, 4) is 0 Å². The lowest BCUT2D eigenvalue weighted by molar-refractivity contribution is -0.138. The molecule has 1 rings (SSSR count). The van der Waals surface area contributed by atoms with E-state index in [-0.39, 0.29) is 10.6 Å². The molecular formula is C10H9ClF4. The predicted octanol–water partition coefficient (Wildman–Crippen LogP) is 4.62. The Bertz CT molecular complexity index is 368. The molecule has 0 heterocycles. The number of hydrogen-bond acceptors (Lipinski definition) is 0. The molecule has 0 aliphatic heterocycles. The van der Waals surface area contributed by atoms with Gasteiger partial charge in [-0.05, 0) is 18.1 Å². The van der Waals surface area contributed by atoms with Crippen molar-refractivity contribution in [3.63, 3.8) is 0 Å². The smallest absolute Gasteiger partial charge is 0.205 e. The van der Waals surface area contributed by atoms with Gasteiger partial charge in [-0.15, -0.1) is 0 Å². The standard InChI is InChI=1S/C10H9ClF4/c1-5(2)8-6(10(13,14)15)3-4-7(11)9(8)12/h3-5H,1-2H3. The van der Waals surface area contributed by atoms with Crippen LogP contribution in [-0.2, 0) is 6.18 Å². The van der Waals surface area contributed by atoms with E-state index in [2.05, 4.69) is 0 Å². The molecule has 1 aromatic carbocycles. The highest BCUT2D eigenvalue weighted by Crippen LogP contribution is 2.38. The first-order valence-corrected chi connectivity index (χ1v) is 4.68. The monoisotopic (exact) mass is 240 g/mol. The van der Waals surface area contributed by atoms with E-state index in [9.17, 15) is 17.6 Å². The number of rotatable bonds is 1. The molecule has 5 heteroatoms. The van der Waals surface area contributed by atoms with Crippen molar-refractivity contribution in [3.05, 3.63) is 34.1 Å². The molecule has 0 N–H and O–H groups in total. The molecular weight excluding hydrogens is 232 g/mol. The fourth-order valence-corrected chi connectivity index (χ4v) is 1.54. The molecule has 0 aromatic heterocycles. The molecule has 0 aliphatic rings. The van der Waals surface area contributed by atoms with Crippen LogP contribution in [0.1, 0.15) is 30.9 Å². The maximum atomic E-state index is 13.4. The topological polar surface area (TPSA) is 0 Å². The number of alkyl halides is 3. The van der Waals surface area contributed by atoms with Gasteiger partial charge in [-0.1, -0.05) is 25.4 Å². The molecule has 0 spiro atoms. The van der Waals surface area contributed by atoms with Crippen molar-refractivity contribution < 1.29 is 17.6 Å². The molecule has 0 saturated heterocycles. The molecule has 0 aliphatic carbocycles. The Balaban J connectivity index is 3.47. The summed E-state index contributed by atoms with van der Waals surface area (Å²) in [4.78, 5) is 0. The molecule has 15 heavy (non-hydrogen) atoms. The van der Waals surface area contributed by atoms with Crippen molar-refractivity contribution in [1.82, 2.24) is 0 Å². The van der Waals surface area contributed by atoms with Gasteiger partial charge in [-0.3, -0.25) is 0 Å². The Morgan fingerprint density at radius 3 is 2.13 bits per heavy atom. The van der Waals surface area contributed by atoms with E-state index in [1.54, 1.807) is 0 Å². The molecule has 0 nitrogen and oxygen atoms in total. The first kappa shape index (κ1) is 12.3. The number of halogens is 5. The molecule has 1 aromatic rings. The third kappa shape index (κ3) is 2.43. The van der Waals surface area contributed by atoms with Gasteiger partial charge >= 0.3 is 6.18 Å². The van der Waals surface area contributed by atoms with Gasteiger partial charge in [0.05, 0.1) is 10.6 Å². The second kappa shape index (κ2) is 4.00. The summed E-state index contributed by atoms with van der Waals surface area (Å²) in [6, 6.07) is 1.73. The summed E-state index contributed by atoms with van der Waals surface area (Å²) < 4.78 is 50.9. The van der Waals surface area contributed by atoms with Gasteiger partial charge in [0.1, 0.15) is 5.82 Å². The van der Waals surface area contributed by atoms with E-state index >= 15 is 0 Å².